The number of carbonyl (C=O) groups excluding carboxylic acids is 1. The van der Waals surface area contributed by atoms with Crippen molar-refractivity contribution in [3.63, 3.8) is 0 Å². The molecule has 0 bridgehead atoms. The summed E-state index contributed by atoms with van der Waals surface area (Å²) in [6, 6.07) is 22.2. The van der Waals surface area contributed by atoms with Crippen LogP contribution in [-0.2, 0) is 24.5 Å². The highest BCUT2D eigenvalue weighted by Gasteiger charge is 2.63. The predicted octanol–water partition coefficient (Wildman–Crippen LogP) is 3.28. The van der Waals surface area contributed by atoms with Crippen molar-refractivity contribution in [2.75, 3.05) is 0 Å². The summed E-state index contributed by atoms with van der Waals surface area (Å²) in [6.07, 6.45) is -0.575. The predicted molar refractivity (Wildman–Crippen MR) is 117 cm³/mol. The van der Waals surface area contributed by atoms with E-state index < -0.39 is 35.7 Å². The van der Waals surface area contributed by atoms with E-state index in [2.05, 4.69) is 5.32 Å². The average Bonchev–Trinajstić information content (AvgIpc) is 2.80. The maximum Gasteiger partial charge on any atom is 0.220 e. The topological polar surface area (TPSA) is 97.4 Å². The van der Waals surface area contributed by atoms with E-state index in [1.54, 1.807) is 66.7 Å². The lowest BCUT2D eigenvalue weighted by Gasteiger charge is -2.42. The standard InChI is InChI=1S/C23H21NO5S2/c25-21-16-17-23(22(24-21)18-10-4-1-5-11-18,30(26,27)19-12-6-2-7-13-19)31(28,29)20-14-8-3-9-15-20/h1-15,22H,16-17H2,(H,24,25). The number of benzene rings is 3. The lowest BCUT2D eigenvalue weighted by molar-refractivity contribution is -0.123. The summed E-state index contributed by atoms with van der Waals surface area (Å²) >= 11 is 0. The maximum atomic E-state index is 14.1. The number of amides is 1. The fraction of sp³-hybridized carbons (Fsp3) is 0.174. The highest BCUT2D eigenvalue weighted by atomic mass is 32.3. The molecular formula is C23H21NO5S2. The van der Waals surface area contributed by atoms with Gasteiger partial charge < -0.3 is 5.32 Å². The highest BCUT2D eigenvalue weighted by molar-refractivity contribution is 8.10. The van der Waals surface area contributed by atoms with Gasteiger partial charge in [-0.2, -0.15) is 0 Å². The number of hydrogen-bond acceptors (Lipinski definition) is 5. The van der Waals surface area contributed by atoms with Crippen molar-refractivity contribution < 1.29 is 21.6 Å². The summed E-state index contributed by atoms with van der Waals surface area (Å²) in [7, 11) is -8.91. The van der Waals surface area contributed by atoms with E-state index in [4.69, 9.17) is 0 Å². The molecule has 1 unspecified atom stereocenters. The maximum absolute atomic E-state index is 14.1. The molecule has 160 valence electrons. The van der Waals surface area contributed by atoms with Gasteiger partial charge >= 0.3 is 0 Å². The number of nitrogens with one attached hydrogen (secondary N) is 1. The number of carbonyl (C=O) groups is 1. The van der Waals surface area contributed by atoms with Crippen molar-refractivity contribution in [2.24, 2.45) is 0 Å². The van der Waals surface area contributed by atoms with Crippen LogP contribution in [0.3, 0.4) is 0 Å². The Morgan fingerprint density at radius 3 is 1.55 bits per heavy atom. The Bertz CT molecular complexity index is 1220. The Morgan fingerprint density at radius 2 is 1.10 bits per heavy atom. The van der Waals surface area contributed by atoms with Crippen molar-refractivity contribution in [1.82, 2.24) is 5.32 Å². The molecule has 0 spiro atoms. The summed E-state index contributed by atoms with van der Waals surface area (Å²) in [5.41, 5.74) is 0.412. The Labute approximate surface area is 181 Å². The van der Waals surface area contributed by atoms with E-state index in [-0.39, 0.29) is 22.6 Å². The third-order valence-corrected chi connectivity index (χ3v) is 11.4. The molecule has 1 fully saturated rings. The molecular weight excluding hydrogens is 434 g/mol. The number of sulfone groups is 2. The molecule has 1 aliphatic rings. The minimum atomic E-state index is -4.45. The van der Waals surface area contributed by atoms with Crippen molar-refractivity contribution >= 4 is 25.6 Å². The van der Waals surface area contributed by atoms with Gasteiger partial charge in [0, 0.05) is 6.42 Å². The zero-order valence-corrected chi connectivity index (χ0v) is 18.1. The highest BCUT2D eigenvalue weighted by Crippen LogP contribution is 2.49. The van der Waals surface area contributed by atoms with Gasteiger partial charge in [-0.05, 0) is 36.2 Å². The molecule has 4 rings (SSSR count). The molecule has 1 amide bonds. The normalized spacial score (nSPS) is 18.8. The van der Waals surface area contributed by atoms with Crippen LogP contribution in [0.25, 0.3) is 0 Å². The SMILES string of the molecule is O=C1CCC(S(=O)(=O)c2ccccc2)(S(=O)(=O)c2ccccc2)C(c2ccccc2)N1. The van der Waals surface area contributed by atoms with Gasteiger partial charge in [-0.25, -0.2) is 16.8 Å². The quantitative estimate of drug-likeness (QED) is 0.637. The van der Waals surface area contributed by atoms with E-state index in [0.717, 1.165) is 0 Å². The van der Waals surface area contributed by atoms with Gasteiger partial charge in [0.15, 0.2) is 0 Å². The summed E-state index contributed by atoms with van der Waals surface area (Å²) in [4.78, 5) is 12.2. The molecule has 0 aliphatic carbocycles. The van der Waals surface area contributed by atoms with Crippen LogP contribution in [-0.4, -0.2) is 26.8 Å². The Kier molecular flexibility index (Phi) is 5.45. The summed E-state index contributed by atoms with van der Waals surface area (Å²) in [5.74, 6) is -0.393. The molecule has 1 atom stereocenters. The third kappa shape index (κ3) is 3.36. The van der Waals surface area contributed by atoms with E-state index in [9.17, 15) is 21.6 Å². The van der Waals surface area contributed by atoms with Gasteiger partial charge in [-0.15, -0.1) is 0 Å². The Balaban J connectivity index is 2.08. The molecule has 0 radical (unpaired) electrons. The van der Waals surface area contributed by atoms with Gasteiger partial charge in [-0.3, -0.25) is 4.79 Å². The molecule has 0 aromatic heterocycles. The fourth-order valence-electron chi connectivity index (χ4n) is 4.08. The molecule has 1 heterocycles. The monoisotopic (exact) mass is 455 g/mol. The van der Waals surface area contributed by atoms with E-state index in [0.29, 0.717) is 5.56 Å². The van der Waals surface area contributed by atoms with Crippen molar-refractivity contribution in [3.8, 4) is 0 Å². The second kappa shape index (κ2) is 7.94. The summed E-state index contributed by atoms with van der Waals surface area (Å²) in [5, 5.41) is 2.68. The van der Waals surface area contributed by atoms with Gasteiger partial charge in [-0.1, -0.05) is 66.7 Å². The van der Waals surface area contributed by atoms with Crippen LogP contribution in [0.4, 0.5) is 0 Å². The minimum Gasteiger partial charge on any atom is -0.347 e. The zero-order chi connectivity index (χ0) is 22.1. The first kappa shape index (κ1) is 21.3. The van der Waals surface area contributed by atoms with Crippen LogP contribution >= 0.6 is 0 Å². The van der Waals surface area contributed by atoms with Crippen LogP contribution < -0.4 is 5.32 Å². The zero-order valence-electron chi connectivity index (χ0n) is 16.5. The van der Waals surface area contributed by atoms with Gasteiger partial charge in [0.05, 0.1) is 15.8 Å². The number of rotatable bonds is 5. The molecule has 1 N–H and O–H groups in total. The van der Waals surface area contributed by atoms with Gasteiger partial charge in [0.25, 0.3) is 0 Å². The third-order valence-electron chi connectivity index (χ3n) is 5.60. The second-order valence-electron chi connectivity index (χ2n) is 7.36. The molecule has 31 heavy (non-hydrogen) atoms. The van der Waals surface area contributed by atoms with Crippen molar-refractivity contribution in [3.05, 3.63) is 96.6 Å². The average molecular weight is 456 g/mol. The molecule has 0 saturated carbocycles. The molecule has 1 aliphatic heterocycles. The molecule has 6 nitrogen and oxygen atoms in total. The first-order valence-electron chi connectivity index (χ1n) is 9.74. The van der Waals surface area contributed by atoms with Gasteiger partial charge in [0.1, 0.15) is 0 Å². The van der Waals surface area contributed by atoms with Crippen molar-refractivity contribution in [1.29, 1.82) is 0 Å². The smallest absolute Gasteiger partial charge is 0.220 e. The first-order valence-corrected chi connectivity index (χ1v) is 12.7. The van der Waals surface area contributed by atoms with E-state index >= 15 is 0 Å². The molecule has 3 aromatic rings. The molecule has 1 saturated heterocycles. The second-order valence-corrected chi connectivity index (χ2v) is 12.0. The van der Waals surface area contributed by atoms with Crippen LogP contribution in [0.15, 0.2) is 101 Å². The lowest BCUT2D eigenvalue weighted by atomic mass is 9.96. The summed E-state index contributed by atoms with van der Waals surface area (Å²) in [6.45, 7) is 0. The van der Waals surface area contributed by atoms with Gasteiger partial charge in [0.2, 0.25) is 29.7 Å². The largest absolute Gasteiger partial charge is 0.347 e. The summed E-state index contributed by atoms with van der Waals surface area (Å²) < 4.78 is 54.0. The van der Waals surface area contributed by atoms with E-state index in [1.165, 1.54) is 24.3 Å². The van der Waals surface area contributed by atoms with Crippen molar-refractivity contribution in [2.45, 2.75) is 32.8 Å². The van der Waals surface area contributed by atoms with E-state index in [1.807, 2.05) is 0 Å². The van der Waals surface area contributed by atoms with Crippen LogP contribution in [0, 0.1) is 0 Å². The molecule has 3 aromatic carbocycles. The first-order chi connectivity index (χ1) is 14.8. The molecule has 8 heteroatoms. The fourth-order valence-corrected chi connectivity index (χ4v) is 9.39. The number of hydrogen-bond donors (Lipinski definition) is 1. The van der Waals surface area contributed by atoms with Crippen LogP contribution in [0.1, 0.15) is 24.4 Å². The number of piperidine rings is 1. The Hall–Kier alpha value is -2.97. The van der Waals surface area contributed by atoms with Crippen LogP contribution in [0.5, 0.6) is 0 Å². The van der Waals surface area contributed by atoms with Crippen LogP contribution in [0.2, 0.25) is 0 Å². The minimum absolute atomic E-state index is 0.105. The lowest BCUT2D eigenvalue weighted by Crippen LogP contribution is -2.59. The Morgan fingerprint density at radius 1 is 0.677 bits per heavy atom.